The summed E-state index contributed by atoms with van der Waals surface area (Å²) in [5.74, 6) is -0.388. The second-order valence-electron chi connectivity index (χ2n) is 8.21. The SMILES string of the molecule is CC(C)(C)OC(=O)N[C@@H](Cc1nc(-c2nc(C#N)co2)cs1)C(=O)OC(C)(C)C. The van der Waals surface area contributed by atoms with Crippen LogP contribution in [0.3, 0.4) is 0 Å². The molecule has 0 saturated carbocycles. The molecule has 0 fully saturated rings. The van der Waals surface area contributed by atoms with Crippen molar-refractivity contribution in [2.75, 3.05) is 0 Å². The quantitative estimate of drug-likeness (QED) is 0.729. The first-order valence-electron chi connectivity index (χ1n) is 8.89. The molecule has 156 valence electrons. The lowest BCUT2D eigenvalue weighted by Gasteiger charge is -2.25. The Balaban J connectivity index is 2.17. The monoisotopic (exact) mass is 420 g/mol. The maximum Gasteiger partial charge on any atom is 0.408 e. The number of hydrogen-bond acceptors (Lipinski definition) is 9. The third-order valence-electron chi connectivity index (χ3n) is 3.15. The summed E-state index contributed by atoms with van der Waals surface area (Å²) in [6, 6.07) is 0.897. The van der Waals surface area contributed by atoms with Crippen LogP contribution in [0, 0.1) is 11.3 Å². The summed E-state index contributed by atoms with van der Waals surface area (Å²) in [7, 11) is 0. The van der Waals surface area contributed by atoms with E-state index in [0.717, 1.165) is 0 Å². The van der Waals surface area contributed by atoms with E-state index in [1.54, 1.807) is 46.9 Å². The maximum absolute atomic E-state index is 12.6. The lowest BCUT2D eigenvalue weighted by Crippen LogP contribution is -2.47. The van der Waals surface area contributed by atoms with E-state index in [1.165, 1.54) is 17.6 Å². The van der Waals surface area contributed by atoms with Crippen molar-refractivity contribution < 1.29 is 23.5 Å². The molecule has 2 heterocycles. The van der Waals surface area contributed by atoms with Gasteiger partial charge in [-0.3, -0.25) is 0 Å². The molecule has 0 bridgehead atoms. The fraction of sp³-hybridized carbons (Fsp3) is 0.526. The number of oxazole rings is 1. The standard InChI is InChI=1S/C19H24N4O5S/c1-18(2,3)27-16(24)12(23-17(25)28-19(4,5)6)7-14-22-13(10-29-14)15-21-11(8-20)9-26-15/h9-10,12H,7H2,1-6H3,(H,23,25)/t12-/m0/s1. The molecule has 2 aromatic rings. The van der Waals surface area contributed by atoms with E-state index in [-0.39, 0.29) is 18.0 Å². The van der Waals surface area contributed by atoms with Crippen LogP contribution in [0.1, 0.15) is 52.2 Å². The minimum absolute atomic E-state index is 0.102. The van der Waals surface area contributed by atoms with E-state index in [1.807, 2.05) is 6.07 Å². The molecule has 0 aliphatic carbocycles. The lowest BCUT2D eigenvalue weighted by molar-refractivity contribution is -0.157. The number of rotatable bonds is 5. The third kappa shape index (κ3) is 7.19. The van der Waals surface area contributed by atoms with E-state index < -0.39 is 29.3 Å². The topological polar surface area (TPSA) is 127 Å². The number of ether oxygens (including phenoxy) is 2. The molecule has 29 heavy (non-hydrogen) atoms. The van der Waals surface area contributed by atoms with Gasteiger partial charge in [-0.05, 0) is 41.5 Å². The first kappa shape index (κ1) is 22.4. The Morgan fingerprint density at radius 2 is 1.86 bits per heavy atom. The Morgan fingerprint density at radius 1 is 1.21 bits per heavy atom. The summed E-state index contributed by atoms with van der Waals surface area (Å²) < 4.78 is 15.9. The number of amides is 1. The molecular formula is C19H24N4O5S. The molecule has 0 aliphatic rings. The smallest absolute Gasteiger partial charge is 0.408 e. The number of aromatic nitrogens is 2. The largest absolute Gasteiger partial charge is 0.458 e. The van der Waals surface area contributed by atoms with Crippen LogP contribution in [-0.2, 0) is 20.7 Å². The molecule has 0 saturated heterocycles. The van der Waals surface area contributed by atoms with Gasteiger partial charge in [0, 0.05) is 11.8 Å². The number of esters is 1. The molecule has 1 N–H and O–H groups in total. The van der Waals surface area contributed by atoms with Crippen molar-refractivity contribution in [3.63, 3.8) is 0 Å². The molecule has 0 aromatic carbocycles. The average Bonchev–Trinajstić information content (AvgIpc) is 3.19. The van der Waals surface area contributed by atoms with Crippen LogP contribution in [0.2, 0.25) is 0 Å². The van der Waals surface area contributed by atoms with Crippen LogP contribution >= 0.6 is 11.3 Å². The molecule has 10 heteroatoms. The van der Waals surface area contributed by atoms with Crippen LogP contribution < -0.4 is 5.32 Å². The highest BCUT2D eigenvalue weighted by Crippen LogP contribution is 2.23. The van der Waals surface area contributed by atoms with Crippen molar-refractivity contribution in [2.24, 2.45) is 0 Å². The highest BCUT2D eigenvalue weighted by atomic mass is 32.1. The highest BCUT2D eigenvalue weighted by Gasteiger charge is 2.30. The molecule has 0 spiro atoms. The zero-order chi connectivity index (χ0) is 21.8. The molecule has 1 atom stereocenters. The summed E-state index contributed by atoms with van der Waals surface area (Å²) in [5.41, 5.74) is -0.843. The van der Waals surface area contributed by atoms with Gasteiger partial charge in [-0.15, -0.1) is 11.3 Å². The predicted octanol–water partition coefficient (Wildman–Crippen LogP) is 3.45. The van der Waals surface area contributed by atoms with Gasteiger partial charge in [0.1, 0.15) is 35.3 Å². The Hall–Kier alpha value is -2.93. The number of hydrogen-bond donors (Lipinski definition) is 1. The minimum Gasteiger partial charge on any atom is -0.458 e. The van der Waals surface area contributed by atoms with Gasteiger partial charge in [0.05, 0.1) is 5.01 Å². The van der Waals surface area contributed by atoms with E-state index in [9.17, 15) is 9.59 Å². The molecule has 1 amide bonds. The second-order valence-corrected chi connectivity index (χ2v) is 9.16. The zero-order valence-electron chi connectivity index (χ0n) is 17.2. The Bertz CT molecular complexity index is 914. The fourth-order valence-corrected chi connectivity index (χ4v) is 2.95. The van der Waals surface area contributed by atoms with Crippen LogP contribution in [-0.4, -0.2) is 39.3 Å². The summed E-state index contributed by atoms with van der Waals surface area (Å²) in [6.45, 7) is 10.4. The third-order valence-corrected chi connectivity index (χ3v) is 4.02. The highest BCUT2D eigenvalue weighted by molar-refractivity contribution is 7.09. The van der Waals surface area contributed by atoms with Gasteiger partial charge in [-0.25, -0.2) is 14.6 Å². The molecule has 0 radical (unpaired) electrons. The predicted molar refractivity (Wildman–Crippen MR) is 105 cm³/mol. The Labute approximate surface area is 173 Å². The van der Waals surface area contributed by atoms with Gasteiger partial charge in [0.25, 0.3) is 0 Å². The zero-order valence-corrected chi connectivity index (χ0v) is 18.0. The summed E-state index contributed by atoms with van der Waals surface area (Å²) in [5, 5.41) is 13.7. The number of alkyl carbamates (subject to hydrolysis) is 1. The molecule has 9 nitrogen and oxygen atoms in total. The number of thiazole rings is 1. The average molecular weight is 420 g/mol. The van der Waals surface area contributed by atoms with Gasteiger partial charge in [-0.1, -0.05) is 0 Å². The molecular weight excluding hydrogens is 396 g/mol. The summed E-state index contributed by atoms with van der Waals surface area (Å²) >= 11 is 1.27. The van der Waals surface area contributed by atoms with E-state index in [0.29, 0.717) is 10.7 Å². The van der Waals surface area contributed by atoms with Crippen molar-refractivity contribution in [3.8, 4) is 17.7 Å². The molecule has 2 rings (SSSR count). The van der Waals surface area contributed by atoms with Crippen LogP contribution in [0.25, 0.3) is 11.6 Å². The number of nitrogens with zero attached hydrogens (tertiary/aromatic N) is 3. The Kier molecular flexibility index (Phi) is 6.64. The minimum atomic E-state index is -0.984. The first-order valence-corrected chi connectivity index (χ1v) is 9.77. The van der Waals surface area contributed by atoms with Crippen LogP contribution in [0.15, 0.2) is 16.1 Å². The van der Waals surface area contributed by atoms with Crippen LogP contribution in [0.5, 0.6) is 0 Å². The van der Waals surface area contributed by atoms with E-state index in [2.05, 4.69) is 15.3 Å². The van der Waals surface area contributed by atoms with Gasteiger partial charge in [0.15, 0.2) is 5.69 Å². The molecule has 0 aliphatic heterocycles. The van der Waals surface area contributed by atoms with Crippen molar-refractivity contribution in [1.29, 1.82) is 5.26 Å². The van der Waals surface area contributed by atoms with Gasteiger partial charge in [-0.2, -0.15) is 10.2 Å². The maximum atomic E-state index is 12.6. The normalized spacial score (nSPS) is 12.7. The number of carbonyl (C=O) groups excluding carboxylic acids is 2. The number of carbonyl (C=O) groups is 2. The van der Waals surface area contributed by atoms with E-state index >= 15 is 0 Å². The van der Waals surface area contributed by atoms with Gasteiger partial charge < -0.3 is 19.2 Å². The van der Waals surface area contributed by atoms with E-state index in [4.69, 9.17) is 19.2 Å². The molecule has 0 unspecified atom stereocenters. The second kappa shape index (κ2) is 8.61. The molecule has 2 aromatic heterocycles. The van der Waals surface area contributed by atoms with Crippen LogP contribution in [0.4, 0.5) is 4.79 Å². The summed E-state index contributed by atoms with van der Waals surface area (Å²) in [4.78, 5) is 33.2. The Morgan fingerprint density at radius 3 is 2.41 bits per heavy atom. The number of nitrogens with one attached hydrogen (secondary N) is 1. The lowest BCUT2D eigenvalue weighted by atomic mass is 10.1. The van der Waals surface area contributed by atoms with Crippen molar-refractivity contribution in [2.45, 2.75) is 65.2 Å². The number of nitriles is 1. The first-order chi connectivity index (χ1) is 13.4. The fourth-order valence-electron chi connectivity index (χ4n) is 2.14. The van der Waals surface area contributed by atoms with Crippen molar-refractivity contribution >= 4 is 23.4 Å². The van der Waals surface area contributed by atoms with Crippen molar-refractivity contribution in [3.05, 3.63) is 22.3 Å². The van der Waals surface area contributed by atoms with Gasteiger partial charge in [0.2, 0.25) is 5.89 Å². The summed E-state index contributed by atoms with van der Waals surface area (Å²) in [6.07, 6.45) is 0.614. The van der Waals surface area contributed by atoms with Crippen molar-refractivity contribution in [1.82, 2.24) is 15.3 Å². The van der Waals surface area contributed by atoms with Gasteiger partial charge >= 0.3 is 12.1 Å².